The lowest BCUT2D eigenvalue weighted by Crippen LogP contribution is -2.44. The van der Waals surface area contributed by atoms with Crippen LogP contribution in [-0.2, 0) is 38.1 Å². The van der Waals surface area contributed by atoms with Gasteiger partial charge >= 0.3 is 23.9 Å². The van der Waals surface area contributed by atoms with Gasteiger partial charge in [-0.1, -0.05) is 27.7 Å². The van der Waals surface area contributed by atoms with E-state index in [9.17, 15) is 19.2 Å². The Labute approximate surface area is 243 Å². The number of carbonyl (C=O) groups excluding carboxylic acids is 4. The van der Waals surface area contributed by atoms with Crippen molar-refractivity contribution in [3.63, 3.8) is 0 Å². The fourth-order valence-electron chi connectivity index (χ4n) is 2.78. The van der Waals surface area contributed by atoms with Gasteiger partial charge in [-0.05, 0) is 46.7 Å². The maximum Gasteiger partial charge on any atom is 0.305 e. The summed E-state index contributed by atoms with van der Waals surface area (Å²) < 4.78 is 21.9. The molecule has 0 bridgehead atoms. The van der Waals surface area contributed by atoms with Gasteiger partial charge in [-0.25, -0.2) is 0 Å². The highest BCUT2D eigenvalue weighted by Gasteiger charge is 2.38. The summed E-state index contributed by atoms with van der Waals surface area (Å²) in [6.45, 7) is 6.38. The van der Waals surface area contributed by atoms with Crippen LogP contribution in [0.4, 0.5) is 0 Å². The van der Waals surface area contributed by atoms with Gasteiger partial charge in [0.15, 0.2) is 0 Å². The molecule has 0 aliphatic rings. The van der Waals surface area contributed by atoms with Gasteiger partial charge in [0.25, 0.3) is 0 Å². The van der Waals surface area contributed by atoms with E-state index in [1.54, 1.807) is 0 Å². The summed E-state index contributed by atoms with van der Waals surface area (Å²) in [6.07, 6.45) is 2.61. The number of esters is 4. The van der Waals surface area contributed by atoms with Crippen molar-refractivity contribution in [2.75, 3.05) is 26.4 Å². The number of ether oxygens (including phenoxy) is 4. The largest absolute Gasteiger partial charge is 0.465 e. The zero-order chi connectivity index (χ0) is 28.4. The molecule has 0 aromatic carbocycles. The summed E-state index contributed by atoms with van der Waals surface area (Å²) in [5, 5.41) is 0.0476. The van der Waals surface area contributed by atoms with Gasteiger partial charge in [0.1, 0.15) is 31.8 Å². The van der Waals surface area contributed by atoms with E-state index in [-0.39, 0.29) is 73.1 Å². The smallest absolute Gasteiger partial charge is 0.305 e. The summed E-state index contributed by atoms with van der Waals surface area (Å²) in [6, 6.07) is 0. The normalized spacial score (nSPS) is 16.0. The van der Waals surface area contributed by atoms with Crippen molar-refractivity contribution in [2.45, 2.75) is 100 Å². The van der Waals surface area contributed by atoms with E-state index in [1.807, 2.05) is 27.7 Å². The number of hydrogen-bond donors (Lipinski definition) is 4. The van der Waals surface area contributed by atoms with E-state index in [0.29, 0.717) is 25.7 Å². The van der Waals surface area contributed by atoms with E-state index in [1.165, 1.54) is 0 Å². The molecule has 216 valence electrons. The maximum atomic E-state index is 12.3. The molecule has 0 N–H and O–H groups in total. The van der Waals surface area contributed by atoms with Gasteiger partial charge in [-0.2, -0.15) is 50.5 Å². The van der Waals surface area contributed by atoms with Crippen LogP contribution in [0, 0.1) is 5.41 Å². The van der Waals surface area contributed by atoms with Gasteiger partial charge in [-0.3, -0.25) is 19.2 Å². The first-order valence-electron chi connectivity index (χ1n) is 12.6. The SMILES string of the molecule is CC(S)CCC(=O)OCC(COC(=O)CCC(C)S)(COC(=O)CCC(C)S)COC(=O)CCC(C)S. The number of rotatable bonds is 20. The molecular weight excluding hydrogens is 557 g/mol. The minimum atomic E-state index is -1.27. The molecule has 0 spiro atoms. The van der Waals surface area contributed by atoms with E-state index >= 15 is 0 Å². The molecule has 0 saturated carbocycles. The zero-order valence-electron chi connectivity index (χ0n) is 22.3. The van der Waals surface area contributed by atoms with Crippen LogP contribution in [0.5, 0.6) is 0 Å². The summed E-state index contributed by atoms with van der Waals surface area (Å²) in [5.41, 5.74) is -1.27. The van der Waals surface area contributed by atoms with Crippen LogP contribution in [-0.4, -0.2) is 71.3 Å². The van der Waals surface area contributed by atoms with Crippen LogP contribution in [0.25, 0.3) is 0 Å². The molecule has 0 amide bonds. The zero-order valence-corrected chi connectivity index (χ0v) is 25.9. The third kappa shape index (κ3) is 20.9. The predicted octanol–water partition coefficient (Wildman–Crippen LogP) is 4.54. The number of thiol groups is 4. The molecular formula is C25H44O8S4. The summed E-state index contributed by atoms with van der Waals surface area (Å²) in [5.74, 6) is -1.92. The molecule has 0 rings (SSSR count). The van der Waals surface area contributed by atoms with Crippen molar-refractivity contribution in [3.8, 4) is 0 Å². The minimum absolute atomic E-state index is 0.0119. The first-order valence-corrected chi connectivity index (χ1v) is 14.7. The molecule has 0 aliphatic carbocycles. The molecule has 0 aromatic heterocycles. The quantitative estimate of drug-likeness (QED) is 0.0918. The lowest BCUT2D eigenvalue weighted by atomic mass is 9.92. The van der Waals surface area contributed by atoms with Crippen LogP contribution >= 0.6 is 50.5 Å². The second-order valence-electron chi connectivity index (χ2n) is 9.69. The molecule has 0 aliphatic heterocycles. The second-order valence-corrected chi connectivity index (χ2v) is 13.2. The third-order valence-electron chi connectivity index (χ3n) is 5.22. The molecule has 12 heteroatoms. The van der Waals surface area contributed by atoms with Crippen molar-refractivity contribution < 1.29 is 38.1 Å². The molecule has 37 heavy (non-hydrogen) atoms. The summed E-state index contributed by atoms with van der Waals surface area (Å²) >= 11 is 17.1. The first kappa shape index (κ1) is 36.3. The van der Waals surface area contributed by atoms with Gasteiger partial charge in [-0.15, -0.1) is 0 Å². The molecule has 8 nitrogen and oxygen atoms in total. The Balaban J connectivity index is 5.59. The van der Waals surface area contributed by atoms with Crippen molar-refractivity contribution >= 4 is 74.4 Å². The lowest BCUT2D eigenvalue weighted by Gasteiger charge is -2.31. The van der Waals surface area contributed by atoms with Gasteiger partial charge < -0.3 is 18.9 Å². The topological polar surface area (TPSA) is 105 Å². The highest BCUT2D eigenvalue weighted by atomic mass is 32.1. The van der Waals surface area contributed by atoms with E-state index in [4.69, 9.17) is 18.9 Å². The fraction of sp³-hybridized carbons (Fsp3) is 0.840. The molecule has 0 aromatic rings. The van der Waals surface area contributed by atoms with Crippen LogP contribution in [0.1, 0.15) is 79.1 Å². The summed E-state index contributed by atoms with van der Waals surface area (Å²) in [4.78, 5) is 49.3. The van der Waals surface area contributed by atoms with Crippen molar-refractivity contribution in [1.29, 1.82) is 0 Å². The van der Waals surface area contributed by atoms with Crippen molar-refractivity contribution in [2.24, 2.45) is 5.41 Å². The van der Waals surface area contributed by atoms with Crippen LogP contribution < -0.4 is 0 Å². The first-order chi connectivity index (χ1) is 17.2. The Morgan fingerprint density at radius 1 is 0.486 bits per heavy atom. The second kappa shape index (κ2) is 20.2. The van der Waals surface area contributed by atoms with Crippen molar-refractivity contribution in [3.05, 3.63) is 0 Å². The Hall–Kier alpha value is -0.720. The number of carbonyl (C=O) groups is 4. The minimum Gasteiger partial charge on any atom is -0.465 e. The molecule has 4 unspecified atom stereocenters. The van der Waals surface area contributed by atoms with Crippen LogP contribution in [0.2, 0.25) is 0 Å². The van der Waals surface area contributed by atoms with Crippen LogP contribution in [0.3, 0.4) is 0 Å². The molecule has 0 fully saturated rings. The van der Waals surface area contributed by atoms with Gasteiger partial charge in [0, 0.05) is 25.7 Å². The Bertz CT molecular complexity index is 581. The van der Waals surface area contributed by atoms with E-state index < -0.39 is 29.3 Å². The Kier molecular flexibility index (Phi) is 19.8. The van der Waals surface area contributed by atoms with Crippen LogP contribution in [0.15, 0.2) is 0 Å². The standard InChI is InChI=1S/C25H44O8S4/c1-17(34)5-9-21(26)30-13-25(14-31-22(27)10-6-18(2)35,15-32-23(28)11-7-19(3)36)16-33-24(29)12-8-20(4)37/h17-20,34-37H,5-16H2,1-4H3. The maximum absolute atomic E-state index is 12.3. The van der Waals surface area contributed by atoms with Gasteiger partial charge in [0.2, 0.25) is 0 Å². The van der Waals surface area contributed by atoms with Gasteiger partial charge in [0.05, 0.1) is 0 Å². The predicted molar refractivity (Wildman–Crippen MR) is 157 cm³/mol. The van der Waals surface area contributed by atoms with E-state index in [2.05, 4.69) is 50.5 Å². The highest BCUT2D eigenvalue weighted by Crippen LogP contribution is 2.23. The number of hydrogen-bond acceptors (Lipinski definition) is 12. The highest BCUT2D eigenvalue weighted by molar-refractivity contribution is 7.81. The molecule has 0 saturated heterocycles. The third-order valence-corrected chi connectivity index (χ3v) is 6.26. The monoisotopic (exact) mass is 600 g/mol. The Morgan fingerprint density at radius 3 is 0.838 bits per heavy atom. The van der Waals surface area contributed by atoms with E-state index in [0.717, 1.165) is 0 Å². The Morgan fingerprint density at radius 2 is 0.676 bits per heavy atom. The average molecular weight is 601 g/mol. The summed E-state index contributed by atoms with van der Waals surface area (Å²) in [7, 11) is 0. The molecule has 0 radical (unpaired) electrons. The fourth-order valence-corrected chi connectivity index (χ4v) is 3.30. The van der Waals surface area contributed by atoms with Crippen molar-refractivity contribution in [1.82, 2.24) is 0 Å². The average Bonchev–Trinajstić information content (AvgIpc) is 2.82. The molecule has 0 heterocycles. The lowest BCUT2D eigenvalue weighted by molar-refractivity contribution is -0.170. The molecule has 4 atom stereocenters.